The molecule has 2 aliphatic heterocycles. The van der Waals surface area contributed by atoms with Crippen molar-refractivity contribution in [1.29, 1.82) is 0 Å². The first-order chi connectivity index (χ1) is 12.1. The maximum atomic E-state index is 6.00. The first-order valence-corrected chi connectivity index (χ1v) is 9.82. The number of benzene rings is 1. The molecule has 0 bridgehead atoms. The van der Waals surface area contributed by atoms with E-state index >= 15 is 0 Å². The molecule has 140 valence electrons. The van der Waals surface area contributed by atoms with E-state index in [0.717, 1.165) is 32.6 Å². The number of rotatable bonds is 6. The zero-order valence-electron chi connectivity index (χ0n) is 16.0. The Bertz CT molecular complexity index is 513. The molecule has 4 nitrogen and oxygen atoms in total. The van der Waals surface area contributed by atoms with E-state index in [1.54, 1.807) is 0 Å². The molecule has 3 rings (SSSR count). The second-order valence-electron chi connectivity index (χ2n) is 7.93. The molecule has 3 atom stereocenters. The van der Waals surface area contributed by atoms with Crippen molar-refractivity contribution in [3.05, 3.63) is 35.4 Å². The van der Waals surface area contributed by atoms with E-state index in [1.807, 2.05) is 0 Å². The van der Waals surface area contributed by atoms with E-state index in [9.17, 15) is 0 Å². The maximum absolute atomic E-state index is 6.00. The van der Waals surface area contributed by atoms with Gasteiger partial charge in [0.2, 0.25) is 0 Å². The van der Waals surface area contributed by atoms with Crippen molar-refractivity contribution >= 4 is 0 Å². The minimum atomic E-state index is 0.364. The molecule has 0 spiro atoms. The van der Waals surface area contributed by atoms with Gasteiger partial charge in [0, 0.05) is 38.4 Å². The number of piperidine rings is 1. The Hall–Kier alpha value is -0.940. The molecule has 2 heterocycles. The second kappa shape index (κ2) is 9.13. The van der Waals surface area contributed by atoms with Crippen LogP contribution in [0.1, 0.15) is 44.2 Å². The van der Waals surface area contributed by atoms with E-state index in [2.05, 4.69) is 55.4 Å². The minimum absolute atomic E-state index is 0.364. The largest absolute Gasteiger partial charge is 0.381 e. The van der Waals surface area contributed by atoms with Crippen LogP contribution in [-0.2, 0) is 22.6 Å². The summed E-state index contributed by atoms with van der Waals surface area (Å²) in [4.78, 5) is 2.47. The fourth-order valence-electron chi connectivity index (χ4n) is 3.88. The summed E-state index contributed by atoms with van der Waals surface area (Å²) in [6.07, 6.45) is 3.64. The summed E-state index contributed by atoms with van der Waals surface area (Å²) in [5, 5.41) is 3.77. The summed E-state index contributed by atoms with van der Waals surface area (Å²) in [7, 11) is 2.23. The van der Waals surface area contributed by atoms with Gasteiger partial charge < -0.3 is 19.7 Å². The number of nitrogens with one attached hydrogen (secondary N) is 1. The molecule has 2 saturated heterocycles. The van der Waals surface area contributed by atoms with E-state index in [0.29, 0.717) is 30.7 Å². The van der Waals surface area contributed by atoms with Gasteiger partial charge in [-0.2, -0.15) is 0 Å². The van der Waals surface area contributed by atoms with Gasteiger partial charge in [-0.3, -0.25) is 0 Å². The molecule has 0 amide bonds. The molecule has 25 heavy (non-hydrogen) atoms. The quantitative estimate of drug-likeness (QED) is 0.858. The Morgan fingerprint density at radius 1 is 1.12 bits per heavy atom. The van der Waals surface area contributed by atoms with Gasteiger partial charge in [-0.15, -0.1) is 0 Å². The zero-order valence-corrected chi connectivity index (χ0v) is 16.0. The first-order valence-electron chi connectivity index (χ1n) is 9.82. The molecule has 2 fully saturated rings. The standard InChI is InChI=1S/C21H34N2O2/c1-16-14-23(3)17(2)12-21(16)22-13-18-4-6-19(7-5-18)15-25-20-8-10-24-11-9-20/h4-7,16-17,20-22H,8-15H2,1-3H3/t16-,17+,21-/m1/s1. The van der Waals surface area contributed by atoms with Crippen molar-refractivity contribution in [2.45, 2.75) is 64.4 Å². The lowest BCUT2D eigenvalue weighted by atomic mass is 9.89. The highest BCUT2D eigenvalue weighted by Gasteiger charge is 2.28. The van der Waals surface area contributed by atoms with E-state index in [4.69, 9.17) is 9.47 Å². The van der Waals surface area contributed by atoms with Crippen molar-refractivity contribution in [2.24, 2.45) is 5.92 Å². The van der Waals surface area contributed by atoms with Crippen LogP contribution in [0.5, 0.6) is 0 Å². The van der Waals surface area contributed by atoms with E-state index in [1.165, 1.54) is 24.1 Å². The molecule has 1 N–H and O–H groups in total. The minimum Gasteiger partial charge on any atom is -0.381 e. The topological polar surface area (TPSA) is 33.7 Å². The van der Waals surface area contributed by atoms with Crippen LogP contribution in [-0.4, -0.2) is 49.9 Å². The van der Waals surface area contributed by atoms with Gasteiger partial charge in [0.15, 0.2) is 0 Å². The van der Waals surface area contributed by atoms with Crippen molar-refractivity contribution in [2.75, 3.05) is 26.8 Å². The highest BCUT2D eigenvalue weighted by molar-refractivity contribution is 5.22. The fraction of sp³-hybridized carbons (Fsp3) is 0.714. The Labute approximate surface area is 152 Å². The average molecular weight is 347 g/mol. The lowest BCUT2D eigenvalue weighted by Crippen LogP contribution is -2.50. The molecule has 0 radical (unpaired) electrons. The lowest BCUT2D eigenvalue weighted by Gasteiger charge is -2.40. The average Bonchev–Trinajstić information content (AvgIpc) is 2.64. The number of hydrogen-bond acceptors (Lipinski definition) is 4. The summed E-state index contributed by atoms with van der Waals surface area (Å²) in [5.74, 6) is 0.702. The molecule has 0 aromatic heterocycles. The highest BCUT2D eigenvalue weighted by atomic mass is 16.5. The Kier molecular flexibility index (Phi) is 6.88. The van der Waals surface area contributed by atoms with Crippen LogP contribution in [0.25, 0.3) is 0 Å². The molecule has 0 aliphatic carbocycles. The third-order valence-corrected chi connectivity index (χ3v) is 5.86. The van der Waals surface area contributed by atoms with E-state index in [-0.39, 0.29) is 0 Å². The normalized spacial score (nSPS) is 29.0. The highest BCUT2D eigenvalue weighted by Crippen LogP contribution is 2.21. The summed E-state index contributed by atoms with van der Waals surface area (Å²) in [6, 6.07) is 10.2. The summed E-state index contributed by atoms with van der Waals surface area (Å²) in [6.45, 7) is 9.20. The predicted octanol–water partition coefficient (Wildman–Crippen LogP) is 3.20. The summed E-state index contributed by atoms with van der Waals surface area (Å²) >= 11 is 0. The van der Waals surface area contributed by atoms with Gasteiger partial charge in [-0.05, 0) is 50.3 Å². The smallest absolute Gasteiger partial charge is 0.0720 e. The van der Waals surface area contributed by atoms with Crippen LogP contribution in [0.4, 0.5) is 0 Å². The van der Waals surface area contributed by atoms with Crippen LogP contribution in [0.3, 0.4) is 0 Å². The van der Waals surface area contributed by atoms with Gasteiger partial charge >= 0.3 is 0 Å². The number of ether oxygens (including phenoxy) is 2. The number of likely N-dealkylation sites (tertiary alicyclic amines) is 1. The molecule has 1 aromatic rings. The molecular weight excluding hydrogens is 312 g/mol. The first kappa shape index (κ1) is 18.8. The molecule has 0 unspecified atom stereocenters. The summed E-state index contributed by atoms with van der Waals surface area (Å²) < 4.78 is 11.4. The van der Waals surface area contributed by atoms with Crippen LogP contribution in [0, 0.1) is 5.92 Å². The van der Waals surface area contributed by atoms with Crippen molar-refractivity contribution in [3.8, 4) is 0 Å². The Morgan fingerprint density at radius 2 is 1.80 bits per heavy atom. The monoisotopic (exact) mass is 346 g/mol. The van der Waals surface area contributed by atoms with Gasteiger partial charge in [-0.25, -0.2) is 0 Å². The van der Waals surface area contributed by atoms with Gasteiger partial charge in [0.1, 0.15) is 0 Å². The third kappa shape index (κ3) is 5.52. The fourth-order valence-corrected chi connectivity index (χ4v) is 3.88. The number of nitrogens with zero attached hydrogens (tertiary/aromatic N) is 1. The molecular formula is C21H34N2O2. The van der Waals surface area contributed by atoms with Gasteiger partial charge in [0.25, 0.3) is 0 Å². The number of hydrogen-bond donors (Lipinski definition) is 1. The zero-order chi connectivity index (χ0) is 17.6. The third-order valence-electron chi connectivity index (χ3n) is 5.86. The van der Waals surface area contributed by atoms with Gasteiger partial charge in [0.05, 0.1) is 12.7 Å². The van der Waals surface area contributed by atoms with Crippen LogP contribution < -0.4 is 5.32 Å². The molecule has 1 aromatic carbocycles. The second-order valence-corrected chi connectivity index (χ2v) is 7.93. The summed E-state index contributed by atoms with van der Waals surface area (Å²) in [5.41, 5.74) is 2.62. The lowest BCUT2D eigenvalue weighted by molar-refractivity contribution is -0.0390. The van der Waals surface area contributed by atoms with Crippen molar-refractivity contribution < 1.29 is 9.47 Å². The van der Waals surface area contributed by atoms with E-state index < -0.39 is 0 Å². The molecule has 2 aliphatic rings. The van der Waals surface area contributed by atoms with Crippen molar-refractivity contribution in [3.63, 3.8) is 0 Å². The van der Waals surface area contributed by atoms with Crippen molar-refractivity contribution in [1.82, 2.24) is 10.2 Å². The predicted molar refractivity (Wildman–Crippen MR) is 102 cm³/mol. The van der Waals surface area contributed by atoms with Crippen LogP contribution >= 0.6 is 0 Å². The Morgan fingerprint density at radius 3 is 2.52 bits per heavy atom. The maximum Gasteiger partial charge on any atom is 0.0720 e. The SMILES string of the molecule is C[C@@H]1CN(C)[C@@H](C)C[C@H]1NCc1ccc(COC2CCOCC2)cc1. The molecule has 4 heteroatoms. The van der Waals surface area contributed by atoms with Gasteiger partial charge in [-0.1, -0.05) is 31.2 Å². The van der Waals surface area contributed by atoms with Crippen LogP contribution in [0.2, 0.25) is 0 Å². The Balaban J connectivity index is 1.42. The van der Waals surface area contributed by atoms with Crippen LogP contribution in [0.15, 0.2) is 24.3 Å². The molecule has 0 saturated carbocycles.